The number of rotatable bonds is 2. The van der Waals surface area contributed by atoms with Gasteiger partial charge in [0.2, 0.25) is 5.78 Å². The predicted molar refractivity (Wildman–Crippen MR) is 74.5 cm³/mol. The van der Waals surface area contributed by atoms with Crippen LogP contribution in [0.1, 0.15) is 40.5 Å². The Morgan fingerprint density at radius 2 is 2.09 bits per heavy atom. The first-order valence-electron chi connectivity index (χ1n) is 7.32. The molecule has 2 aliphatic heterocycles. The van der Waals surface area contributed by atoms with E-state index in [2.05, 4.69) is 0 Å². The standard InChI is InChI=1S/C16H14O7/c1-7-16-14(21)12-9(3-2-4-10(12)17)13(20)15(16,23-16)6-8(22-7)5-11(18)19/h2-4,7-8,17H,5-6H2,1H3,(H,18,19). The van der Waals surface area contributed by atoms with Gasteiger partial charge < -0.3 is 19.7 Å². The van der Waals surface area contributed by atoms with Crippen molar-refractivity contribution in [1.82, 2.24) is 0 Å². The van der Waals surface area contributed by atoms with Crippen molar-refractivity contribution in [1.29, 1.82) is 0 Å². The summed E-state index contributed by atoms with van der Waals surface area (Å²) in [6, 6.07) is 4.31. The SMILES string of the molecule is CC1OC(CC(=O)O)CC23OC12C(=O)c1c(O)cccc1C3=O. The van der Waals surface area contributed by atoms with Crippen LogP contribution in [-0.2, 0) is 14.3 Å². The molecule has 2 fully saturated rings. The van der Waals surface area contributed by atoms with Crippen LogP contribution in [0, 0.1) is 0 Å². The predicted octanol–water partition coefficient (Wildman–Crippen LogP) is 0.931. The average molecular weight is 318 g/mol. The molecule has 120 valence electrons. The van der Waals surface area contributed by atoms with Crippen molar-refractivity contribution in [3.63, 3.8) is 0 Å². The maximum Gasteiger partial charge on any atom is 0.305 e. The molecular weight excluding hydrogens is 304 g/mol. The normalized spacial score (nSPS) is 37.6. The van der Waals surface area contributed by atoms with E-state index in [0.717, 1.165) is 0 Å². The van der Waals surface area contributed by atoms with E-state index in [9.17, 15) is 19.5 Å². The lowest BCUT2D eigenvalue weighted by atomic mass is 9.68. The number of carbonyl (C=O) groups is 3. The monoisotopic (exact) mass is 318 g/mol. The summed E-state index contributed by atoms with van der Waals surface area (Å²) in [6.45, 7) is 1.59. The number of hydrogen-bond donors (Lipinski definition) is 2. The highest BCUT2D eigenvalue weighted by Crippen LogP contribution is 2.63. The number of fused-ring (bicyclic) bond motifs is 1. The minimum absolute atomic E-state index is 0.0172. The Hall–Kier alpha value is -2.25. The Morgan fingerprint density at radius 3 is 2.78 bits per heavy atom. The maximum atomic E-state index is 12.9. The lowest BCUT2D eigenvalue weighted by molar-refractivity contribution is -0.143. The van der Waals surface area contributed by atoms with Gasteiger partial charge in [0, 0.05) is 12.0 Å². The maximum absolute atomic E-state index is 12.9. The van der Waals surface area contributed by atoms with Crippen LogP contribution < -0.4 is 0 Å². The van der Waals surface area contributed by atoms with Gasteiger partial charge in [-0.2, -0.15) is 0 Å². The second-order valence-corrected chi connectivity index (χ2v) is 6.22. The zero-order valence-electron chi connectivity index (χ0n) is 12.2. The molecule has 2 heterocycles. The molecule has 4 atom stereocenters. The van der Waals surface area contributed by atoms with Gasteiger partial charge in [0.25, 0.3) is 0 Å². The number of carbonyl (C=O) groups excluding carboxylic acids is 2. The van der Waals surface area contributed by atoms with Crippen molar-refractivity contribution in [3.05, 3.63) is 29.3 Å². The second-order valence-electron chi connectivity index (χ2n) is 6.22. The van der Waals surface area contributed by atoms with Crippen LogP contribution >= 0.6 is 0 Å². The molecule has 0 radical (unpaired) electrons. The molecule has 0 spiro atoms. The third kappa shape index (κ3) is 1.53. The van der Waals surface area contributed by atoms with Crippen molar-refractivity contribution in [2.45, 2.75) is 43.2 Å². The van der Waals surface area contributed by atoms with Crippen LogP contribution in [0.4, 0.5) is 0 Å². The first-order valence-corrected chi connectivity index (χ1v) is 7.32. The molecule has 0 bridgehead atoms. The summed E-state index contributed by atoms with van der Waals surface area (Å²) in [6.07, 6.45) is -1.72. The van der Waals surface area contributed by atoms with Crippen molar-refractivity contribution in [2.24, 2.45) is 0 Å². The van der Waals surface area contributed by atoms with Crippen LogP contribution in [-0.4, -0.2) is 51.2 Å². The molecule has 7 nitrogen and oxygen atoms in total. The number of phenols is 1. The van der Waals surface area contributed by atoms with Gasteiger partial charge in [-0.25, -0.2) is 0 Å². The quantitative estimate of drug-likeness (QED) is 0.780. The second kappa shape index (κ2) is 4.18. The number of carboxylic acid groups (broad SMARTS) is 1. The summed E-state index contributed by atoms with van der Waals surface area (Å²) < 4.78 is 11.3. The van der Waals surface area contributed by atoms with E-state index in [0.29, 0.717) is 0 Å². The van der Waals surface area contributed by atoms with Crippen molar-refractivity contribution in [3.8, 4) is 5.75 Å². The smallest absolute Gasteiger partial charge is 0.305 e. The van der Waals surface area contributed by atoms with Crippen molar-refractivity contribution >= 4 is 17.5 Å². The number of hydrogen-bond acceptors (Lipinski definition) is 6. The highest BCUT2D eigenvalue weighted by molar-refractivity contribution is 6.26. The largest absolute Gasteiger partial charge is 0.507 e. The molecule has 1 aromatic rings. The number of Topliss-reactive ketones (excluding diaryl/α,β-unsaturated/α-hetero) is 2. The van der Waals surface area contributed by atoms with E-state index in [4.69, 9.17) is 14.6 Å². The molecule has 0 saturated carbocycles. The zero-order valence-corrected chi connectivity index (χ0v) is 12.2. The van der Waals surface area contributed by atoms with E-state index in [-0.39, 0.29) is 29.7 Å². The van der Waals surface area contributed by atoms with E-state index in [1.54, 1.807) is 6.92 Å². The molecule has 23 heavy (non-hydrogen) atoms. The summed E-state index contributed by atoms with van der Waals surface area (Å²) in [5, 5.41) is 18.9. The molecule has 4 unspecified atom stereocenters. The summed E-state index contributed by atoms with van der Waals surface area (Å²) in [4.78, 5) is 36.7. The third-order valence-electron chi connectivity index (χ3n) is 5.00. The third-order valence-corrected chi connectivity index (χ3v) is 5.00. The fourth-order valence-corrected chi connectivity index (χ4v) is 4.02. The van der Waals surface area contributed by atoms with Crippen molar-refractivity contribution < 1.29 is 34.1 Å². The van der Waals surface area contributed by atoms with Crippen LogP contribution in [0.2, 0.25) is 0 Å². The number of phenolic OH excluding ortho intramolecular Hbond substituents is 1. The number of epoxide rings is 1. The van der Waals surface area contributed by atoms with Crippen LogP contribution in [0.25, 0.3) is 0 Å². The molecule has 1 aliphatic carbocycles. The fraction of sp³-hybridized carbons (Fsp3) is 0.438. The van der Waals surface area contributed by atoms with Gasteiger partial charge in [0.15, 0.2) is 17.0 Å². The number of aromatic hydroxyl groups is 1. The summed E-state index contributed by atoms with van der Waals surface area (Å²) in [7, 11) is 0. The van der Waals surface area contributed by atoms with Crippen molar-refractivity contribution in [2.75, 3.05) is 0 Å². The first-order chi connectivity index (χ1) is 10.8. The van der Waals surface area contributed by atoms with Gasteiger partial charge in [-0.3, -0.25) is 14.4 Å². The summed E-state index contributed by atoms with van der Waals surface area (Å²) in [5.74, 6) is -2.18. The molecule has 0 amide bonds. The van der Waals surface area contributed by atoms with Gasteiger partial charge in [-0.05, 0) is 13.0 Å². The molecule has 4 rings (SSSR count). The van der Waals surface area contributed by atoms with E-state index in [1.165, 1.54) is 18.2 Å². The molecule has 3 aliphatic rings. The fourth-order valence-electron chi connectivity index (χ4n) is 4.02. The number of carboxylic acids is 1. The van der Waals surface area contributed by atoms with Gasteiger partial charge in [-0.1, -0.05) is 12.1 Å². The Labute approximate surface area is 130 Å². The number of ketones is 2. The Bertz CT molecular complexity index is 770. The lowest BCUT2D eigenvalue weighted by Gasteiger charge is -2.36. The Morgan fingerprint density at radius 1 is 1.35 bits per heavy atom. The zero-order chi connectivity index (χ0) is 16.6. The van der Waals surface area contributed by atoms with E-state index >= 15 is 0 Å². The van der Waals surface area contributed by atoms with Gasteiger partial charge in [0.05, 0.1) is 24.2 Å². The minimum Gasteiger partial charge on any atom is -0.507 e. The van der Waals surface area contributed by atoms with Crippen LogP contribution in [0.5, 0.6) is 5.75 Å². The number of ether oxygens (including phenoxy) is 2. The molecule has 0 aromatic heterocycles. The number of benzene rings is 1. The molecule has 2 saturated heterocycles. The summed E-state index contributed by atoms with van der Waals surface area (Å²) >= 11 is 0. The average Bonchev–Trinajstić information content (AvgIpc) is 3.17. The van der Waals surface area contributed by atoms with Crippen LogP contribution in [0.3, 0.4) is 0 Å². The van der Waals surface area contributed by atoms with Gasteiger partial charge in [-0.15, -0.1) is 0 Å². The van der Waals surface area contributed by atoms with Gasteiger partial charge >= 0.3 is 5.97 Å². The molecule has 1 aromatic carbocycles. The molecular formula is C16H14O7. The van der Waals surface area contributed by atoms with Crippen LogP contribution in [0.15, 0.2) is 18.2 Å². The van der Waals surface area contributed by atoms with E-state index < -0.39 is 40.9 Å². The highest BCUT2D eigenvalue weighted by atomic mass is 16.7. The van der Waals surface area contributed by atoms with Gasteiger partial charge in [0.1, 0.15) is 5.75 Å². The summed E-state index contributed by atoms with van der Waals surface area (Å²) in [5.41, 5.74) is -2.75. The molecule has 7 heteroatoms. The Balaban J connectivity index is 1.83. The minimum atomic E-state index is -1.45. The highest BCUT2D eigenvalue weighted by Gasteiger charge is 2.85. The first kappa shape index (κ1) is 14.3. The topological polar surface area (TPSA) is 113 Å². The van der Waals surface area contributed by atoms with E-state index in [1.807, 2.05) is 0 Å². The number of aliphatic carboxylic acids is 1. The molecule has 2 N–H and O–H groups in total. The Kier molecular flexibility index (Phi) is 2.61. The lowest BCUT2D eigenvalue weighted by Crippen LogP contribution is -2.57.